The van der Waals surface area contributed by atoms with E-state index in [9.17, 15) is 13.2 Å². The number of sulfonamides is 1. The molecule has 3 aromatic carbocycles. The maximum absolute atomic E-state index is 12.8. The lowest BCUT2D eigenvalue weighted by atomic mass is 10.1. The van der Waals surface area contributed by atoms with Crippen molar-refractivity contribution in [1.82, 2.24) is 0 Å². The molecule has 0 fully saturated rings. The molecule has 0 heterocycles. The monoisotopic (exact) mass is 542 g/mol. The van der Waals surface area contributed by atoms with Crippen LogP contribution in [0.2, 0.25) is 15.1 Å². The van der Waals surface area contributed by atoms with Gasteiger partial charge >= 0.3 is 0 Å². The van der Waals surface area contributed by atoms with E-state index in [0.717, 1.165) is 10.6 Å². The van der Waals surface area contributed by atoms with E-state index in [1.165, 1.54) is 44.6 Å². The zero-order chi connectivity index (χ0) is 25.0. The molecule has 0 aromatic heterocycles. The van der Waals surface area contributed by atoms with Crippen molar-refractivity contribution < 1.29 is 22.7 Å². The summed E-state index contributed by atoms with van der Waals surface area (Å²) in [4.78, 5) is 12.8. The summed E-state index contributed by atoms with van der Waals surface area (Å²) in [5.41, 5.74) is 1.48. The molecular weight excluding hydrogens is 523 g/mol. The summed E-state index contributed by atoms with van der Waals surface area (Å²) in [7, 11) is -0.768. The Labute approximate surface area is 213 Å². The van der Waals surface area contributed by atoms with Crippen molar-refractivity contribution in [3.05, 3.63) is 80.8 Å². The highest BCUT2D eigenvalue weighted by atomic mass is 35.5. The number of benzene rings is 3. The number of hydrogen-bond acceptors (Lipinski definition) is 5. The Morgan fingerprint density at radius 3 is 2.03 bits per heavy atom. The first-order valence-corrected chi connectivity index (χ1v) is 12.8. The first-order chi connectivity index (χ1) is 16.0. The first kappa shape index (κ1) is 26.0. The first-order valence-electron chi connectivity index (χ1n) is 9.78. The van der Waals surface area contributed by atoms with Gasteiger partial charge in [0.1, 0.15) is 11.5 Å². The van der Waals surface area contributed by atoms with Crippen LogP contribution in [0.25, 0.3) is 0 Å². The zero-order valence-electron chi connectivity index (χ0n) is 18.4. The molecule has 0 saturated heterocycles. The highest BCUT2D eigenvalue weighted by Gasteiger charge is 2.21. The van der Waals surface area contributed by atoms with E-state index in [4.69, 9.17) is 44.3 Å². The number of halogens is 3. The van der Waals surface area contributed by atoms with Gasteiger partial charge in [0.25, 0.3) is 5.91 Å². The predicted octanol–water partition coefficient (Wildman–Crippen LogP) is 5.88. The molecule has 0 spiro atoms. The Hall–Kier alpha value is -2.65. The van der Waals surface area contributed by atoms with Gasteiger partial charge in [-0.1, -0.05) is 40.9 Å². The molecule has 7 nitrogen and oxygen atoms in total. The van der Waals surface area contributed by atoms with Gasteiger partial charge in [0.05, 0.1) is 43.4 Å². The molecule has 3 aromatic rings. The van der Waals surface area contributed by atoms with E-state index in [-0.39, 0.29) is 6.54 Å². The maximum Gasteiger partial charge on any atom is 0.255 e. The quantitative estimate of drug-likeness (QED) is 0.383. The van der Waals surface area contributed by atoms with Crippen molar-refractivity contribution in [3.63, 3.8) is 0 Å². The summed E-state index contributed by atoms with van der Waals surface area (Å²) in [5.74, 6) is 0.292. The molecule has 1 N–H and O–H groups in total. The molecule has 180 valence electrons. The summed E-state index contributed by atoms with van der Waals surface area (Å²) in [6.45, 7) is -0.0648. The van der Waals surface area contributed by atoms with Gasteiger partial charge in [0.2, 0.25) is 10.0 Å². The average molecular weight is 544 g/mol. The van der Waals surface area contributed by atoms with Gasteiger partial charge in [0.15, 0.2) is 0 Å². The number of anilines is 2. The molecule has 3 rings (SSSR count). The van der Waals surface area contributed by atoms with Crippen LogP contribution in [0.15, 0.2) is 54.6 Å². The van der Waals surface area contributed by atoms with Crippen LogP contribution >= 0.6 is 34.8 Å². The largest absolute Gasteiger partial charge is 0.495 e. The van der Waals surface area contributed by atoms with Crippen molar-refractivity contribution in [2.24, 2.45) is 0 Å². The van der Waals surface area contributed by atoms with Gasteiger partial charge in [0, 0.05) is 33.3 Å². The van der Waals surface area contributed by atoms with Crippen LogP contribution in [0, 0.1) is 0 Å². The zero-order valence-corrected chi connectivity index (χ0v) is 21.5. The lowest BCUT2D eigenvalue weighted by molar-refractivity contribution is 0.102. The number of rotatable bonds is 8. The van der Waals surface area contributed by atoms with Crippen molar-refractivity contribution >= 4 is 62.1 Å². The molecule has 0 atom stereocenters. The highest BCUT2D eigenvalue weighted by molar-refractivity contribution is 7.92. The second-order valence-electron chi connectivity index (χ2n) is 7.16. The van der Waals surface area contributed by atoms with Crippen molar-refractivity contribution in [3.8, 4) is 11.5 Å². The maximum atomic E-state index is 12.8. The summed E-state index contributed by atoms with van der Waals surface area (Å²) >= 11 is 18.6. The average Bonchev–Trinajstić information content (AvgIpc) is 2.79. The molecule has 0 saturated carbocycles. The van der Waals surface area contributed by atoms with E-state index in [1.54, 1.807) is 24.3 Å². The molecule has 1 amide bonds. The number of hydrogen-bond donors (Lipinski definition) is 1. The minimum absolute atomic E-state index is 0.0648. The van der Waals surface area contributed by atoms with Gasteiger partial charge in [-0.15, -0.1) is 0 Å². The minimum atomic E-state index is -3.68. The third kappa shape index (κ3) is 5.88. The lowest BCUT2D eigenvalue weighted by Crippen LogP contribution is -2.29. The van der Waals surface area contributed by atoms with E-state index in [1.807, 2.05) is 0 Å². The smallest absolute Gasteiger partial charge is 0.255 e. The summed E-state index contributed by atoms with van der Waals surface area (Å²) < 4.78 is 36.6. The summed E-state index contributed by atoms with van der Waals surface area (Å²) in [6, 6.07) is 14.1. The fraction of sp³-hybridized carbons (Fsp3) is 0.174. The number of methoxy groups -OCH3 is 2. The van der Waals surface area contributed by atoms with Crippen molar-refractivity contribution in [2.45, 2.75) is 6.54 Å². The molecule has 0 radical (unpaired) electrons. The van der Waals surface area contributed by atoms with Gasteiger partial charge < -0.3 is 14.8 Å². The second kappa shape index (κ2) is 10.7. The van der Waals surface area contributed by atoms with Crippen LogP contribution in [0.5, 0.6) is 11.5 Å². The van der Waals surface area contributed by atoms with Crippen LogP contribution in [0.1, 0.15) is 15.9 Å². The molecule has 0 aliphatic rings. The van der Waals surface area contributed by atoms with Crippen LogP contribution in [-0.4, -0.2) is 34.8 Å². The Bertz CT molecular complexity index is 1290. The predicted molar refractivity (Wildman–Crippen MR) is 136 cm³/mol. The third-order valence-electron chi connectivity index (χ3n) is 4.90. The van der Waals surface area contributed by atoms with Crippen LogP contribution in [0.3, 0.4) is 0 Å². The van der Waals surface area contributed by atoms with Crippen LogP contribution < -0.4 is 19.1 Å². The Morgan fingerprint density at radius 2 is 1.50 bits per heavy atom. The van der Waals surface area contributed by atoms with Gasteiger partial charge in [-0.2, -0.15) is 0 Å². The van der Waals surface area contributed by atoms with Crippen molar-refractivity contribution in [1.29, 1.82) is 0 Å². The normalized spacial score (nSPS) is 11.1. The molecule has 11 heteroatoms. The van der Waals surface area contributed by atoms with E-state index >= 15 is 0 Å². The topological polar surface area (TPSA) is 84.9 Å². The van der Waals surface area contributed by atoms with Crippen LogP contribution in [0.4, 0.5) is 11.4 Å². The molecule has 0 aliphatic carbocycles. The van der Waals surface area contributed by atoms with E-state index in [2.05, 4.69) is 5.32 Å². The lowest BCUT2D eigenvalue weighted by Gasteiger charge is -2.24. The fourth-order valence-electron chi connectivity index (χ4n) is 3.16. The number of amides is 1. The van der Waals surface area contributed by atoms with Crippen molar-refractivity contribution in [2.75, 3.05) is 30.1 Å². The molecular formula is C23H21Cl3N2O5S. The summed E-state index contributed by atoms with van der Waals surface area (Å²) in [5, 5.41) is 3.78. The number of carbonyl (C=O) groups excluding carboxylic acids is 1. The number of carbonyl (C=O) groups is 1. The SMILES string of the molecule is COc1cc(NC(=O)c2ccc(N(Cc3c(Cl)cccc3Cl)S(C)(=O)=O)cc2)c(OC)cc1Cl. The van der Waals surface area contributed by atoms with E-state index in [0.29, 0.717) is 49.1 Å². The Morgan fingerprint density at radius 1 is 0.912 bits per heavy atom. The number of nitrogens with zero attached hydrogens (tertiary/aromatic N) is 1. The number of ether oxygens (including phenoxy) is 2. The molecule has 0 aliphatic heterocycles. The van der Waals surface area contributed by atoms with Gasteiger partial charge in [-0.05, 0) is 36.4 Å². The third-order valence-corrected chi connectivity index (χ3v) is 7.05. The number of nitrogens with one attached hydrogen (secondary N) is 1. The highest BCUT2D eigenvalue weighted by Crippen LogP contribution is 2.36. The molecule has 0 unspecified atom stereocenters. The van der Waals surface area contributed by atoms with E-state index < -0.39 is 15.9 Å². The van der Waals surface area contributed by atoms with Gasteiger partial charge in [-0.25, -0.2) is 8.42 Å². The second-order valence-corrected chi connectivity index (χ2v) is 10.3. The standard InChI is InChI=1S/C23H21Cl3N2O5S/c1-32-21-12-20(22(33-2)11-19(21)26)27-23(29)14-7-9-15(10-8-14)28(34(3,30)31)13-16-17(24)5-4-6-18(16)25/h4-12H,13H2,1-3H3,(H,27,29). The summed E-state index contributed by atoms with van der Waals surface area (Å²) in [6.07, 6.45) is 1.08. The molecule has 0 bridgehead atoms. The molecule has 34 heavy (non-hydrogen) atoms. The van der Waals surface area contributed by atoms with Crippen LogP contribution in [-0.2, 0) is 16.6 Å². The Balaban J connectivity index is 1.87. The minimum Gasteiger partial charge on any atom is -0.495 e. The van der Waals surface area contributed by atoms with Gasteiger partial charge in [-0.3, -0.25) is 9.10 Å². The fourth-order valence-corrected chi connectivity index (χ4v) is 4.77. The Kier molecular flexibility index (Phi) is 8.20.